The van der Waals surface area contributed by atoms with Gasteiger partial charge in [-0.05, 0) is 42.3 Å². The average molecular weight is 339 g/mol. The molecule has 0 saturated heterocycles. The Morgan fingerprint density at radius 1 is 1.00 bits per heavy atom. The topological polar surface area (TPSA) is 104 Å². The Kier molecular flexibility index (Phi) is 4.65. The van der Waals surface area contributed by atoms with E-state index in [4.69, 9.17) is 4.74 Å². The van der Waals surface area contributed by atoms with Crippen molar-refractivity contribution in [2.24, 2.45) is 0 Å². The summed E-state index contributed by atoms with van der Waals surface area (Å²) in [5, 5.41) is 2.68. The smallest absolute Gasteiger partial charge is 0.314 e. The highest BCUT2D eigenvalue weighted by molar-refractivity contribution is 5.93. The zero-order chi connectivity index (χ0) is 17.8. The predicted octanol–water partition coefficient (Wildman–Crippen LogP) is 1.80. The number of H-pyrrole nitrogens is 2. The van der Waals surface area contributed by atoms with Crippen LogP contribution in [0.3, 0.4) is 0 Å². The van der Waals surface area contributed by atoms with Crippen molar-refractivity contribution in [3.8, 4) is 5.75 Å². The number of nitrogens with one attached hydrogen (secondary N) is 3. The number of rotatable bonds is 5. The Labute approximate surface area is 142 Å². The first-order valence-electron chi connectivity index (χ1n) is 7.83. The lowest BCUT2D eigenvalue weighted by atomic mass is 10.2. The summed E-state index contributed by atoms with van der Waals surface area (Å²) in [6.45, 7) is 1.93. The molecule has 7 heteroatoms. The molecule has 1 amide bonds. The van der Waals surface area contributed by atoms with Crippen LogP contribution >= 0.6 is 0 Å². The molecule has 0 fully saturated rings. The van der Waals surface area contributed by atoms with Gasteiger partial charge in [0.25, 0.3) is 5.91 Å². The van der Waals surface area contributed by atoms with Gasteiger partial charge in [0.15, 0.2) is 6.61 Å². The fraction of sp³-hybridized carbons (Fsp3) is 0.167. The molecule has 3 aromatic rings. The van der Waals surface area contributed by atoms with E-state index < -0.39 is 11.1 Å². The molecule has 1 aromatic heterocycles. The van der Waals surface area contributed by atoms with E-state index in [2.05, 4.69) is 22.2 Å². The minimum atomic E-state index is -0.741. The molecule has 7 nitrogen and oxygen atoms in total. The minimum Gasteiger partial charge on any atom is -0.484 e. The van der Waals surface area contributed by atoms with Crippen LogP contribution < -0.4 is 21.2 Å². The van der Waals surface area contributed by atoms with Gasteiger partial charge in [-0.15, -0.1) is 0 Å². The van der Waals surface area contributed by atoms with E-state index in [0.717, 1.165) is 6.42 Å². The van der Waals surface area contributed by atoms with Crippen molar-refractivity contribution in [1.29, 1.82) is 0 Å². The molecule has 0 aliphatic rings. The molecule has 0 atom stereocenters. The maximum Gasteiger partial charge on any atom is 0.314 e. The van der Waals surface area contributed by atoms with Gasteiger partial charge in [-0.3, -0.25) is 14.4 Å². The number of aryl methyl sites for hydroxylation is 1. The predicted molar refractivity (Wildman–Crippen MR) is 95.1 cm³/mol. The highest BCUT2D eigenvalue weighted by Crippen LogP contribution is 2.15. The summed E-state index contributed by atoms with van der Waals surface area (Å²) in [4.78, 5) is 39.6. The summed E-state index contributed by atoms with van der Waals surface area (Å²) in [6, 6.07) is 12.4. The molecule has 128 valence electrons. The molecule has 25 heavy (non-hydrogen) atoms. The molecule has 0 saturated carbocycles. The fourth-order valence-electron chi connectivity index (χ4n) is 2.36. The van der Waals surface area contributed by atoms with Crippen molar-refractivity contribution < 1.29 is 9.53 Å². The standard InChI is InChI=1S/C18H17N3O4/c1-2-11-3-6-13(7-4-11)25-10-16(22)19-12-5-8-14-15(9-12)21-18(24)17(23)20-14/h3-9H,2,10H2,1H3,(H,19,22)(H,20,23)(H,21,24). The number of fused-ring (bicyclic) bond motifs is 1. The summed E-state index contributed by atoms with van der Waals surface area (Å²) >= 11 is 0. The number of carbonyl (C=O) groups is 1. The maximum absolute atomic E-state index is 12.0. The Morgan fingerprint density at radius 2 is 1.68 bits per heavy atom. The molecule has 3 N–H and O–H groups in total. The average Bonchev–Trinajstić information content (AvgIpc) is 2.61. The Morgan fingerprint density at radius 3 is 2.36 bits per heavy atom. The monoisotopic (exact) mass is 339 g/mol. The summed E-state index contributed by atoms with van der Waals surface area (Å²) in [5.74, 6) is 0.290. The largest absolute Gasteiger partial charge is 0.484 e. The van der Waals surface area contributed by atoms with Gasteiger partial charge < -0.3 is 20.0 Å². The van der Waals surface area contributed by atoms with Gasteiger partial charge in [0, 0.05) is 5.69 Å². The van der Waals surface area contributed by atoms with Gasteiger partial charge in [-0.25, -0.2) is 0 Å². The second-order valence-electron chi connectivity index (χ2n) is 5.50. The van der Waals surface area contributed by atoms with Crippen molar-refractivity contribution >= 4 is 22.6 Å². The molecule has 0 aliphatic heterocycles. The lowest BCUT2D eigenvalue weighted by Gasteiger charge is -2.08. The van der Waals surface area contributed by atoms with E-state index in [-0.39, 0.29) is 12.5 Å². The van der Waals surface area contributed by atoms with Crippen LogP contribution in [-0.2, 0) is 11.2 Å². The molecule has 0 bridgehead atoms. The van der Waals surface area contributed by atoms with Crippen LogP contribution in [0.15, 0.2) is 52.1 Å². The summed E-state index contributed by atoms with van der Waals surface area (Å²) in [6.07, 6.45) is 0.941. The van der Waals surface area contributed by atoms with Crippen LogP contribution in [0, 0.1) is 0 Å². The molecular weight excluding hydrogens is 322 g/mol. The van der Waals surface area contributed by atoms with Crippen molar-refractivity contribution in [2.45, 2.75) is 13.3 Å². The number of aromatic amines is 2. The summed E-state index contributed by atoms with van der Waals surface area (Å²) in [7, 11) is 0. The Bertz CT molecular complexity index is 1020. The molecule has 0 radical (unpaired) electrons. The van der Waals surface area contributed by atoms with Crippen LogP contribution in [0.25, 0.3) is 11.0 Å². The first kappa shape index (κ1) is 16.5. The number of ether oxygens (including phenoxy) is 1. The van der Waals surface area contributed by atoms with Crippen LogP contribution in [0.5, 0.6) is 5.75 Å². The number of benzene rings is 2. The first-order valence-corrected chi connectivity index (χ1v) is 7.83. The van der Waals surface area contributed by atoms with E-state index in [1.54, 1.807) is 18.2 Å². The zero-order valence-electron chi connectivity index (χ0n) is 13.6. The number of amides is 1. The maximum atomic E-state index is 12.0. The number of carbonyl (C=O) groups excluding carboxylic acids is 1. The van der Waals surface area contributed by atoms with Crippen LogP contribution in [0.1, 0.15) is 12.5 Å². The molecule has 0 spiro atoms. The van der Waals surface area contributed by atoms with Crippen LogP contribution in [0.4, 0.5) is 5.69 Å². The van der Waals surface area contributed by atoms with E-state index in [1.165, 1.54) is 5.56 Å². The van der Waals surface area contributed by atoms with Gasteiger partial charge in [0.05, 0.1) is 11.0 Å². The third kappa shape index (κ3) is 3.95. The van der Waals surface area contributed by atoms with E-state index in [9.17, 15) is 14.4 Å². The minimum absolute atomic E-state index is 0.133. The Hall–Kier alpha value is -3.35. The lowest BCUT2D eigenvalue weighted by molar-refractivity contribution is -0.118. The second-order valence-corrected chi connectivity index (χ2v) is 5.50. The third-order valence-electron chi connectivity index (χ3n) is 3.71. The van der Waals surface area contributed by atoms with Crippen LogP contribution in [0.2, 0.25) is 0 Å². The van der Waals surface area contributed by atoms with Gasteiger partial charge in [0.2, 0.25) is 0 Å². The lowest BCUT2D eigenvalue weighted by Crippen LogP contribution is -2.29. The quantitative estimate of drug-likeness (QED) is 0.617. The highest BCUT2D eigenvalue weighted by Gasteiger charge is 2.06. The summed E-state index contributed by atoms with van der Waals surface area (Å²) in [5.41, 5.74) is 1.14. The van der Waals surface area contributed by atoms with Gasteiger partial charge in [-0.2, -0.15) is 0 Å². The first-order chi connectivity index (χ1) is 12.0. The number of anilines is 1. The fourth-order valence-corrected chi connectivity index (χ4v) is 2.36. The number of aromatic nitrogens is 2. The number of hydrogen-bond acceptors (Lipinski definition) is 4. The van der Waals surface area contributed by atoms with Crippen molar-refractivity contribution in [3.63, 3.8) is 0 Å². The summed E-state index contributed by atoms with van der Waals surface area (Å²) < 4.78 is 5.44. The molecule has 3 rings (SSSR count). The van der Waals surface area contributed by atoms with Gasteiger partial charge in [0.1, 0.15) is 5.75 Å². The SMILES string of the molecule is CCc1ccc(OCC(=O)Nc2ccc3[nH]c(=O)c(=O)[nH]c3c2)cc1. The highest BCUT2D eigenvalue weighted by atomic mass is 16.5. The number of hydrogen-bond donors (Lipinski definition) is 3. The molecule has 2 aromatic carbocycles. The van der Waals surface area contributed by atoms with E-state index in [0.29, 0.717) is 22.5 Å². The van der Waals surface area contributed by atoms with E-state index >= 15 is 0 Å². The molecule has 0 unspecified atom stereocenters. The third-order valence-corrected chi connectivity index (χ3v) is 3.71. The normalized spacial score (nSPS) is 10.6. The van der Waals surface area contributed by atoms with Crippen molar-refractivity contribution in [2.75, 3.05) is 11.9 Å². The molecule has 1 heterocycles. The molecular formula is C18H17N3O4. The molecule has 0 aliphatic carbocycles. The van der Waals surface area contributed by atoms with Crippen LogP contribution in [-0.4, -0.2) is 22.5 Å². The zero-order valence-corrected chi connectivity index (χ0v) is 13.6. The van der Waals surface area contributed by atoms with Gasteiger partial charge in [-0.1, -0.05) is 19.1 Å². The van der Waals surface area contributed by atoms with Crippen molar-refractivity contribution in [1.82, 2.24) is 9.97 Å². The van der Waals surface area contributed by atoms with E-state index in [1.807, 2.05) is 24.3 Å². The van der Waals surface area contributed by atoms with Crippen molar-refractivity contribution in [3.05, 3.63) is 68.7 Å². The second kappa shape index (κ2) is 7.04. The van der Waals surface area contributed by atoms with Gasteiger partial charge >= 0.3 is 11.1 Å². The Balaban J connectivity index is 1.65.